The van der Waals surface area contributed by atoms with Crippen molar-refractivity contribution in [3.63, 3.8) is 0 Å². The second kappa shape index (κ2) is 11.1. The number of carbonyl (C=O) groups is 2. The molecular weight excluding hydrogens is 500 g/mol. The van der Waals surface area contributed by atoms with Gasteiger partial charge in [0.05, 0.1) is 11.1 Å². The summed E-state index contributed by atoms with van der Waals surface area (Å²) in [5, 5.41) is 0.792. The number of benzene rings is 3. The zero-order valence-corrected chi connectivity index (χ0v) is 21.8. The minimum Gasteiger partial charge on any atom is -0.465 e. The highest BCUT2D eigenvalue weighted by molar-refractivity contribution is 5.91. The van der Waals surface area contributed by atoms with Crippen molar-refractivity contribution in [3.05, 3.63) is 111 Å². The van der Waals surface area contributed by atoms with Gasteiger partial charge in [0.1, 0.15) is 30.1 Å². The van der Waals surface area contributed by atoms with Crippen molar-refractivity contribution >= 4 is 22.9 Å². The third-order valence-electron chi connectivity index (χ3n) is 6.72. The van der Waals surface area contributed by atoms with Gasteiger partial charge in [-0.3, -0.25) is 0 Å². The van der Waals surface area contributed by atoms with E-state index in [-0.39, 0.29) is 13.0 Å². The van der Waals surface area contributed by atoms with Crippen LogP contribution in [0.2, 0.25) is 0 Å². The molecule has 1 aromatic heterocycles. The third-order valence-corrected chi connectivity index (χ3v) is 6.72. The van der Waals surface area contributed by atoms with Crippen molar-refractivity contribution in [1.29, 1.82) is 0 Å². The summed E-state index contributed by atoms with van der Waals surface area (Å²) in [4.78, 5) is 37.5. The molecule has 200 valence electrons. The van der Waals surface area contributed by atoms with Crippen LogP contribution in [0.15, 0.2) is 82.0 Å². The first-order valence-corrected chi connectivity index (χ1v) is 12.6. The van der Waals surface area contributed by atoms with Gasteiger partial charge in [-0.1, -0.05) is 36.4 Å². The molecule has 5 rings (SSSR count). The summed E-state index contributed by atoms with van der Waals surface area (Å²) in [5.41, 5.74) is 3.20. The summed E-state index contributed by atoms with van der Waals surface area (Å²) in [7, 11) is 0. The topological polar surface area (TPSA) is 101 Å². The van der Waals surface area contributed by atoms with Crippen LogP contribution in [-0.2, 0) is 14.2 Å². The van der Waals surface area contributed by atoms with Gasteiger partial charge in [0.15, 0.2) is 0 Å². The van der Waals surface area contributed by atoms with Crippen molar-refractivity contribution in [3.8, 4) is 5.75 Å². The molecule has 1 aliphatic heterocycles. The molecule has 0 saturated carbocycles. The Bertz CT molecular complexity index is 1590. The van der Waals surface area contributed by atoms with E-state index in [1.165, 1.54) is 6.07 Å². The summed E-state index contributed by atoms with van der Waals surface area (Å²) in [6.07, 6.45) is -2.07. The van der Waals surface area contributed by atoms with Crippen LogP contribution in [-0.4, -0.2) is 37.0 Å². The van der Waals surface area contributed by atoms with Crippen LogP contribution in [0, 0.1) is 20.8 Å². The monoisotopic (exact) mass is 528 g/mol. The van der Waals surface area contributed by atoms with Gasteiger partial charge in [-0.2, -0.15) is 0 Å². The van der Waals surface area contributed by atoms with Gasteiger partial charge >= 0.3 is 17.6 Å². The molecule has 8 heteroatoms. The minimum absolute atomic E-state index is 0.134. The lowest BCUT2D eigenvalue weighted by Crippen LogP contribution is -2.32. The zero-order valence-electron chi connectivity index (χ0n) is 21.8. The van der Waals surface area contributed by atoms with Gasteiger partial charge < -0.3 is 23.4 Å². The summed E-state index contributed by atoms with van der Waals surface area (Å²) in [5.74, 6) is -0.576. The molecule has 0 spiro atoms. The Morgan fingerprint density at radius 2 is 1.51 bits per heavy atom. The molecule has 0 N–H and O–H groups in total. The fourth-order valence-electron chi connectivity index (χ4n) is 4.60. The van der Waals surface area contributed by atoms with E-state index in [4.69, 9.17) is 23.4 Å². The zero-order chi connectivity index (χ0) is 27.5. The maximum atomic E-state index is 13.0. The van der Waals surface area contributed by atoms with Gasteiger partial charge in [-0.05, 0) is 61.7 Å². The number of hydrogen-bond acceptors (Lipinski definition) is 8. The molecule has 0 radical (unpaired) electrons. The van der Waals surface area contributed by atoms with Gasteiger partial charge in [0.25, 0.3) is 0 Å². The quantitative estimate of drug-likeness (QED) is 0.235. The van der Waals surface area contributed by atoms with E-state index in [0.717, 1.165) is 22.1 Å². The number of fused-ring (bicyclic) bond motifs is 1. The summed E-state index contributed by atoms with van der Waals surface area (Å²) < 4.78 is 28.8. The highest BCUT2D eigenvalue weighted by atomic mass is 16.7. The fourth-order valence-corrected chi connectivity index (χ4v) is 4.60. The maximum Gasteiger partial charge on any atom is 0.338 e. The number of carbonyl (C=O) groups excluding carboxylic acids is 2. The van der Waals surface area contributed by atoms with Crippen LogP contribution < -0.4 is 10.4 Å². The van der Waals surface area contributed by atoms with Crippen molar-refractivity contribution < 1.29 is 33.0 Å². The molecule has 2 heterocycles. The van der Waals surface area contributed by atoms with Crippen molar-refractivity contribution in [2.75, 3.05) is 6.61 Å². The van der Waals surface area contributed by atoms with Gasteiger partial charge in [0, 0.05) is 23.9 Å². The van der Waals surface area contributed by atoms with Crippen LogP contribution in [0.25, 0.3) is 11.0 Å². The van der Waals surface area contributed by atoms with E-state index in [1.807, 2.05) is 45.0 Å². The molecule has 3 aromatic carbocycles. The van der Waals surface area contributed by atoms with Crippen LogP contribution in [0.1, 0.15) is 43.8 Å². The predicted octanol–water partition coefficient (Wildman–Crippen LogP) is 5.29. The Kier molecular flexibility index (Phi) is 7.47. The Hall–Kier alpha value is -4.43. The van der Waals surface area contributed by atoms with E-state index in [2.05, 4.69) is 0 Å². The molecule has 1 fully saturated rings. The lowest BCUT2D eigenvalue weighted by atomic mass is 10.1. The van der Waals surface area contributed by atoms with Crippen LogP contribution in [0.5, 0.6) is 5.75 Å². The largest absolute Gasteiger partial charge is 0.465 e. The molecule has 3 atom stereocenters. The molecule has 1 saturated heterocycles. The second-order valence-corrected chi connectivity index (χ2v) is 9.54. The van der Waals surface area contributed by atoms with E-state index in [1.54, 1.807) is 42.5 Å². The smallest absolute Gasteiger partial charge is 0.338 e. The van der Waals surface area contributed by atoms with E-state index in [9.17, 15) is 14.4 Å². The number of hydrogen-bond donors (Lipinski definition) is 0. The third kappa shape index (κ3) is 5.86. The van der Waals surface area contributed by atoms with Crippen LogP contribution in [0.4, 0.5) is 0 Å². The Morgan fingerprint density at radius 1 is 0.846 bits per heavy atom. The molecule has 8 nitrogen and oxygen atoms in total. The average molecular weight is 529 g/mol. The lowest BCUT2D eigenvalue weighted by Gasteiger charge is -2.19. The Labute approximate surface area is 225 Å². The SMILES string of the molecule is Cc1ccccc1C(=O)OC[C@H]1O[C@@H](Oc2ccc3c(C)cc(=O)oc3c2)C[C@@H]1OC(=O)c1ccccc1C. The standard InChI is InChI=1S/C31H28O8/c1-18-8-4-6-10-23(18)30(33)35-17-27-26(39-31(34)24-11-7-5-9-19(24)2)16-29(38-27)36-21-12-13-22-20(3)14-28(32)37-25(22)15-21/h4-15,26-27,29H,16-17H2,1-3H3/t26-,27+,29+/m0/s1. The van der Waals surface area contributed by atoms with Gasteiger partial charge in [0.2, 0.25) is 6.29 Å². The fraction of sp³-hybridized carbons (Fsp3) is 0.258. The normalized spacial score (nSPS) is 18.6. The number of aryl methyl sites for hydroxylation is 3. The summed E-state index contributed by atoms with van der Waals surface area (Å²) in [6.45, 7) is 5.35. The second-order valence-electron chi connectivity index (χ2n) is 9.54. The molecule has 0 unspecified atom stereocenters. The first-order chi connectivity index (χ1) is 18.8. The molecule has 0 amide bonds. The molecule has 1 aliphatic rings. The number of rotatable bonds is 7. The molecule has 0 bridgehead atoms. The highest BCUT2D eigenvalue weighted by Crippen LogP contribution is 2.30. The highest BCUT2D eigenvalue weighted by Gasteiger charge is 2.40. The first-order valence-electron chi connectivity index (χ1n) is 12.6. The molecule has 4 aromatic rings. The van der Waals surface area contributed by atoms with Crippen molar-refractivity contribution in [2.24, 2.45) is 0 Å². The predicted molar refractivity (Wildman–Crippen MR) is 143 cm³/mol. The number of ether oxygens (including phenoxy) is 4. The van der Waals surface area contributed by atoms with E-state index < -0.39 is 36.1 Å². The summed E-state index contributed by atoms with van der Waals surface area (Å²) in [6, 6.07) is 20.8. The van der Waals surface area contributed by atoms with Crippen molar-refractivity contribution in [2.45, 2.75) is 45.7 Å². The van der Waals surface area contributed by atoms with Gasteiger partial charge in [-0.15, -0.1) is 0 Å². The van der Waals surface area contributed by atoms with E-state index in [0.29, 0.717) is 22.5 Å². The lowest BCUT2D eigenvalue weighted by molar-refractivity contribution is -0.0969. The van der Waals surface area contributed by atoms with Crippen LogP contribution >= 0.6 is 0 Å². The average Bonchev–Trinajstić information content (AvgIpc) is 3.27. The van der Waals surface area contributed by atoms with Crippen LogP contribution in [0.3, 0.4) is 0 Å². The van der Waals surface area contributed by atoms with Gasteiger partial charge in [-0.25, -0.2) is 14.4 Å². The first kappa shape index (κ1) is 26.2. The molecular formula is C31H28O8. The number of esters is 2. The maximum absolute atomic E-state index is 13.0. The van der Waals surface area contributed by atoms with Crippen molar-refractivity contribution in [1.82, 2.24) is 0 Å². The molecule has 39 heavy (non-hydrogen) atoms. The Morgan fingerprint density at radius 3 is 2.21 bits per heavy atom. The minimum atomic E-state index is -0.796. The summed E-state index contributed by atoms with van der Waals surface area (Å²) >= 11 is 0. The van der Waals surface area contributed by atoms with E-state index >= 15 is 0 Å². The molecule has 0 aliphatic carbocycles. The Balaban J connectivity index is 1.33.